The molecule has 0 saturated carbocycles. The molecule has 5 aromatic rings. The number of rotatable bonds is 4. The largest absolute Gasteiger partial charge is 0.429 e. The minimum absolute atomic E-state index is 0.138. The summed E-state index contributed by atoms with van der Waals surface area (Å²) in [6, 6.07) is 11.7. The first kappa shape index (κ1) is 20.2. The molecule has 0 aromatic carbocycles. The molecule has 11 heteroatoms. The van der Waals surface area contributed by atoms with Gasteiger partial charge in [-0.2, -0.15) is 5.10 Å². The first-order valence-electron chi connectivity index (χ1n) is 10.6. The van der Waals surface area contributed by atoms with Gasteiger partial charge in [0.05, 0.1) is 23.2 Å². The van der Waals surface area contributed by atoms with E-state index in [1.807, 2.05) is 24.3 Å². The van der Waals surface area contributed by atoms with Crippen LogP contribution in [0.15, 0.2) is 65.6 Å². The zero-order chi connectivity index (χ0) is 23.2. The fourth-order valence-corrected chi connectivity index (χ4v) is 4.25. The molecule has 0 bridgehead atoms. The van der Waals surface area contributed by atoms with Gasteiger partial charge in [-0.1, -0.05) is 12.1 Å². The number of carbonyl (C=O) groups is 1. The van der Waals surface area contributed by atoms with Gasteiger partial charge in [0.15, 0.2) is 5.69 Å². The summed E-state index contributed by atoms with van der Waals surface area (Å²) in [5.41, 5.74) is 2.42. The number of fused-ring (bicyclic) bond motifs is 2. The summed E-state index contributed by atoms with van der Waals surface area (Å²) in [4.78, 5) is 30.6. The van der Waals surface area contributed by atoms with E-state index in [1.165, 1.54) is 11.1 Å². The van der Waals surface area contributed by atoms with E-state index in [0.717, 1.165) is 11.2 Å². The summed E-state index contributed by atoms with van der Waals surface area (Å²) >= 11 is 0. The van der Waals surface area contributed by atoms with Crippen LogP contribution in [0.1, 0.15) is 45.8 Å². The van der Waals surface area contributed by atoms with Gasteiger partial charge in [0.1, 0.15) is 11.7 Å². The fraction of sp³-hybridized carbons (Fsp3) is 0.174. The van der Waals surface area contributed by atoms with Gasteiger partial charge in [0.2, 0.25) is 11.7 Å². The Hall–Kier alpha value is -4.41. The number of aromatic amines is 1. The third kappa shape index (κ3) is 3.24. The summed E-state index contributed by atoms with van der Waals surface area (Å²) in [5.74, 6) is -1.36. The second-order valence-electron chi connectivity index (χ2n) is 7.81. The van der Waals surface area contributed by atoms with Crippen LogP contribution in [-0.2, 0) is 6.42 Å². The van der Waals surface area contributed by atoms with E-state index in [4.69, 9.17) is 4.42 Å². The molecule has 0 aliphatic carbocycles. The van der Waals surface area contributed by atoms with E-state index in [1.54, 1.807) is 35.2 Å². The zero-order valence-electron chi connectivity index (χ0n) is 17.6. The van der Waals surface area contributed by atoms with Crippen LogP contribution in [-0.4, -0.2) is 46.9 Å². The lowest BCUT2D eigenvalue weighted by atomic mass is 9.99. The molecule has 1 unspecified atom stereocenters. The summed E-state index contributed by atoms with van der Waals surface area (Å²) in [6.45, 7) is 0.259. The molecule has 0 radical (unpaired) electrons. The maximum Gasteiger partial charge on any atom is 0.292 e. The van der Waals surface area contributed by atoms with Gasteiger partial charge in [-0.25, -0.2) is 23.3 Å². The van der Waals surface area contributed by atoms with Crippen LogP contribution in [0, 0.1) is 0 Å². The van der Waals surface area contributed by atoms with Crippen LogP contribution < -0.4 is 0 Å². The third-order valence-corrected chi connectivity index (χ3v) is 5.79. The van der Waals surface area contributed by atoms with Crippen LogP contribution in [0.4, 0.5) is 8.78 Å². The third-order valence-electron chi connectivity index (χ3n) is 5.79. The van der Waals surface area contributed by atoms with Crippen molar-refractivity contribution in [2.24, 2.45) is 0 Å². The van der Waals surface area contributed by atoms with E-state index in [2.05, 4.69) is 25.0 Å². The Kier molecular flexibility index (Phi) is 4.68. The molecule has 1 atom stereocenters. The maximum atomic E-state index is 13.9. The molecule has 0 fully saturated rings. The Morgan fingerprint density at radius 3 is 2.85 bits per heavy atom. The van der Waals surface area contributed by atoms with E-state index in [-0.39, 0.29) is 18.1 Å². The number of oxazole rings is 1. The van der Waals surface area contributed by atoms with Crippen molar-refractivity contribution in [3.8, 4) is 11.6 Å². The van der Waals surface area contributed by atoms with Gasteiger partial charge in [0.25, 0.3) is 12.3 Å². The number of carbonyl (C=O) groups excluding carboxylic acids is 1. The summed E-state index contributed by atoms with van der Waals surface area (Å²) < 4.78 is 35.1. The number of imidazole rings is 1. The molecule has 34 heavy (non-hydrogen) atoms. The molecular weight excluding hydrogens is 444 g/mol. The van der Waals surface area contributed by atoms with Crippen molar-refractivity contribution < 1.29 is 18.0 Å². The van der Waals surface area contributed by atoms with Gasteiger partial charge in [-0.05, 0) is 30.3 Å². The molecule has 0 spiro atoms. The fourth-order valence-electron chi connectivity index (χ4n) is 4.25. The smallest absolute Gasteiger partial charge is 0.292 e. The second-order valence-corrected chi connectivity index (χ2v) is 7.81. The monoisotopic (exact) mass is 461 g/mol. The molecule has 1 amide bonds. The van der Waals surface area contributed by atoms with Crippen molar-refractivity contribution >= 4 is 11.4 Å². The molecular formula is C23H17F2N7O2. The van der Waals surface area contributed by atoms with Crippen molar-refractivity contribution in [3.63, 3.8) is 0 Å². The number of pyridine rings is 2. The molecule has 1 N–H and O–H groups in total. The van der Waals surface area contributed by atoms with Gasteiger partial charge in [-0.3, -0.25) is 9.78 Å². The van der Waals surface area contributed by atoms with E-state index >= 15 is 0 Å². The van der Waals surface area contributed by atoms with Crippen molar-refractivity contribution in [1.29, 1.82) is 0 Å². The molecule has 6 heterocycles. The minimum Gasteiger partial charge on any atom is -0.429 e. The van der Waals surface area contributed by atoms with Crippen LogP contribution in [0.25, 0.3) is 17.1 Å². The van der Waals surface area contributed by atoms with Gasteiger partial charge in [-0.15, -0.1) is 0 Å². The summed E-state index contributed by atoms with van der Waals surface area (Å²) in [7, 11) is 0. The van der Waals surface area contributed by atoms with Crippen molar-refractivity contribution in [1.82, 2.24) is 34.4 Å². The number of amides is 1. The number of alkyl halides is 2. The predicted molar refractivity (Wildman–Crippen MR) is 115 cm³/mol. The number of nitrogens with one attached hydrogen (secondary N) is 1. The van der Waals surface area contributed by atoms with Crippen molar-refractivity contribution in [2.75, 3.05) is 6.54 Å². The quantitative estimate of drug-likeness (QED) is 0.436. The highest BCUT2D eigenvalue weighted by atomic mass is 19.3. The average molecular weight is 461 g/mol. The first-order chi connectivity index (χ1) is 16.6. The normalized spacial score (nSPS) is 15.7. The van der Waals surface area contributed by atoms with Crippen molar-refractivity contribution in [3.05, 3.63) is 89.7 Å². The number of H-pyrrole nitrogens is 1. The molecule has 5 aromatic heterocycles. The van der Waals surface area contributed by atoms with E-state index in [9.17, 15) is 13.6 Å². The number of hydrogen-bond acceptors (Lipinski definition) is 6. The number of nitrogens with zero attached hydrogens (tertiary/aromatic N) is 6. The average Bonchev–Trinajstić information content (AvgIpc) is 3.61. The lowest BCUT2D eigenvalue weighted by Crippen LogP contribution is -2.41. The predicted octanol–water partition coefficient (Wildman–Crippen LogP) is 3.83. The molecule has 6 rings (SSSR count). The molecule has 9 nitrogen and oxygen atoms in total. The lowest BCUT2D eigenvalue weighted by molar-refractivity contribution is 0.0640. The Morgan fingerprint density at radius 1 is 1.18 bits per heavy atom. The highest BCUT2D eigenvalue weighted by Crippen LogP contribution is 2.36. The second kappa shape index (κ2) is 7.87. The maximum absolute atomic E-state index is 13.9. The SMILES string of the molecule is O=C(c1oc(-c2ccccn2)nc1C(F)F)N1CCc2[nH]cnc2C1c1cc2ccccn2n1. The molecule has 1 aliphatic heterocycles. The van der Waals surface area contributed by atoms with Gasteiger partial charge < -0.3 is 14.3 Å². The summed E-state index contributed by atoms with van der Waals surface area (Å²) in [5, 5.41) is 4.62. The number of aromatic nitrogens is 6. The van der Waals surface area contributed by atoms with Gasteiger partial charge >= 0.3 is 0 Å². The number of hydrogen-bond donors (Lipinski definition) is 1. The van der Waals surface area contributed by atoms with Crippen molar-refractivity contribution in [2.45, 2.75) is 18.9 Å². The minimum atomic E-state index is -3.00. The molecule has 170 valence electrons. The van der Waals surface area contributed by atoms with E-state index < -0.39 is 29.8 Å². The van der Waals surface area contributed by atoms with Crippen LogP contribution in [0.5, 0.6) is 0 Å². The topological polar surface area (TPSA) is 105 Å². The van der Waals surface area contributed by atoms with Crippen LogP contribution in [0.3, 0.4) is 0 Å². The molecule has 0 saturated heterocycles. The van der Waals surface area contributed by atoms with E-state index in [0.29, 0.717) is 17.8 Å². The standard InChI is InChI=1S/C23H17F2N7O2/c24-21(25)18-20(34-22(29-18)15-6-1-3-8-26-15)23(33)31-10-7-14-17(28-12-27-14)19(31)16-11-13-5-2-4-9-32(13)30-16/h1-6,8-9,11-12,19,21H,7,10H2,(H,27,28). The number of halogens is 2. The Balaban J connectivity index is 1.45. The first-order valence-corrected chi connectivity index (χ1v) is 10.6. The Bertz CT molecular complexity index is 1460. The van der Waals surface area contributed by atoms with Gasteiger partial charge in [0, 0.05) is 31.1 Å². The zero-order valence-corrected chi connectivity index (χ0v) is 17.6. The Labute approximate surface area is 191 Å². The summed E-state index contributed by atoms with van der Waals surface area (Å²) in [6.07, 6.45) is 2.32. The molecule has 1 aliphatic rings. The Morgan fingerprint density at radius 2 is 2.06 bits per heavy atom. The highest BCUT2D eigenvalue weighted by Gasteiger charge is 2.39. The highest BCUT2D eigenvalue weighted by molar-refractivity contribution is 5.93. The van der Waals surface area contributed by atoms with Crippen LogP contribution in [0.2, 0.25) is 0 Å². The van der Waals surface area contributed by atoms with Crippen LogP contribution >= 0.6 is 0 Å². The lowest BCUT2D eigenvalue weighted by Gasteiger charge is -2.33.